The van der Waals surface area contributed by atoms with Crippen molar-refractivity contribution in [3.05, 3.63) is 124 Å². The summed E-state index contributed by atoms with van der Waals surface area (Å²) in [6.07, 6.45) is 0. The van der Waals surface area contributed by atoms with E-state index < -0.39 is 0 Å². The summed E-state index contributed by atoms with van der Waals surface area (Å²) in [6.45, 7) is 0.404. The zero-order chi connectivity index (χ0) is 22.8. The number of rotatable bonds is 4. The molecule has 33 heavy (non-hydrogen) atoms. The number of amides is 1. The number of carbonyl (C=O) groups excluding carboxylic acids is 1. The number of nitrogens with one attached hydrogen (secondary N) is 1. The van der Waals surface area contributed by atoms with Gasteiger partial charge in [0.25, 0.3) is 5.91 Å². The molecule has 0 radical (unpaired) electrons. The van der Waals surface area contributed by atoms with E-state index in [0.29, 0.717) is 29.1 Å². The van der Waals surface area contributed by atoms with E-state index >= 15 is 0 Å². The average molecular weight is 517 g/mol. The number of benzene rings is 4. The first-order valence-corrected chi connectivity index (χ1v) is 12.0. The molecule has 0 saturated heterocycles. The van der Waals surface area contributed by atoms with Gasteiger partial charge in [0.1, 0.15) is 5.82 Å². The highest BCUT2D eigenvalue weighted by Crippen LogP contribution is 2.41. The summed E-state index contributed by atoms with van der Waals surface area (Å²) < 4.78 is 15.7. The van der Waals surface area contributed by atoms with Gasteiger partial charge in [0, 0.05) is 37.5 Å². The molecular weight excluding hydrogens is 499 g/mol. The Morgan fingerprint density at radius 2 is 1.61 bits per heavy atom. The number of aliphatic imine (C=N–C) groups is 1. The molecule has 0 spiro atoms. The Balaban J connectivity index is 1.52. The number of hydrogen-bond acceptors (Lipinski definition) is 3. The molecule has 1 amide bonds. The summed E-state index contributed by atoms with van der Waals surface area (Å²) in [7, 11) is 0. The molecule has 1 aliphatic rings. The molecule has 0 saturated carbocycles. The van der Waals surface area contributed by atoms with Crippen LogP contribution < -0.4 is 5.32 Å². The lowest BCUT2D eigenvalue weighted by atomic mass is 10.0. The van der Waals surface area contributed by atoms with Crippen molar-refractivity contribution in [1.82, 2.24) is 5.32 Å². The third kappa shape index (κ3) is 4.49. The minimum atomic E-state index is -0.332. The van der Waals surface area contributed by atoms with E-state index in [1.54, 1.807) is 42.1 Å². The fourth-order valence-electron chi connectivity index (χ4n) is 3.66. The van der Waals surface area contributed by atoms with Crippen molar-refractivity contribution in [2.45, 2.75) is 16.3 Å². The summed E-state index contributed by atoms with van der Waals surface area (Å²) in [5.41, 5.74) is 3.99. The topological polar surface area (TPSA) is 41.5 Å². The minimum Gasteiger partial charge on any atom is -0.348 e. The summed E-state index contributed by atoms with van der Waals surface area (Å²) in [5, 5.41) is 2.96. The highest BCUT2D eigenvalue weighted by Gasteiger charge is 2.21. The third-order valence-corrected chi connectivity index (χ3v) is 7.26. The average Bonchev–Trinajstić information content (AvgIpc) is 3.00. The van der Waals surface area contributed by atoms with Gasteiger partial charge in [0.05, 0.1) is 11.4 Å². The van der Waals surface area contributed by atoms with Crippen LogP contribution in [0.2, 0.25) is 0 Å². The Kier molecular flexibility index (Phi) is 6.11. The molecule has 4 aromatic rings. The second-order valence-electron chi connectivity index (χ2n) is 7.50. The molecule has 0 fully saturated rings. The number of halogens is 2. The Hall–Kier alpha value is -3.22. The van der Waals surface area contributed by atoms with Gasteiger partial charge in [0.15, 0.2) is 0 Å². The zero-order valence-electron chi connectivity index (χ0n) is 17.4. The molecule has 0 unspecified atom stereocenters. The van der Waals surface area contributed by atoms with Gasteiger partial charge in [-0.2, -0.15) is 0 Å². The van der Waals surface area contributed by atoms with Gasteiger partial charge in [-0.1, -0.05) is 76.2 Å². The molecule has 3 nitrogen and oxygen atoms in total. The van der Waals surface area contributed by atoms with E-state index in [2.05, 4.69) is 21.2 Å². The summed E-state index contributed by atoms with van der Waals surface area (Å²) in [5.74, 6) is -0.523. The van der Waals surface area contributed by atoms with Gasteiger partial charge in [0.2, 0.25) is 0 Å². The quantitative estimate of drug-likeness (QED) is 0.275. The maximum atomic E-state index is 14.7. The molecular formula is C27H18BrFN2OS. The van der Waals surface area contributed by atoms with E-state index in [9.17, 15) is 9.18 Å². The normalized spacial score (nSPS) is 12.2. The maximum Gasteiger partial charge on any atom is 0.251 e. The monoisotopic (exact) mass is 516 g/mol. The smallest absolute Gasteiger partial charge is 0.251 e. The lowest BCUT2D eigenvalue weighted by molar-refractivity contribution is 0.0951. The Labute approximate surface area is 203 Å². The predicted octanol–water partition coefficient (Wildman–Crippen LogP) is 7.15. The molecule has 0 bridgehead atoms. The number of fused-ring (bicyclic) bond motifs is 2. The van der Waals surface area contributed by atoms with E-state index in [1.807, 2.05) is 54.6 Å². The van der Waals surface area contributed by atoms with Crippen LogP contribution >= 0.6 is 27.7 Å². The Morgan fingerprint density at radius 1 is 0.879 bits per heavy atom. The molecule has 4 aromatic carbocycles. The molecule has 1 heterocycles. The van der Waals surface area contributed by atoms with Crippen molar-refractivity contribution in [2.24, 2.45) is 4.99 Å². The summed E-state index contributed by atoms with van der Waals surface area (Å²) in [6, 6.07) is 27.7. The van der Waals surface area contributed by atoms with Crippen molar-refractivity contribution >= 4 is 45.0 Å². The first-order chi connectivity index (χ1) is 16.1. The molecule has 6 heteroatoms. The van der Waals surface area contributed by atoms with Crippen LogP contribution in [0.1, 0.15) is 27.0 Å². The van der Waals surface area contributed by atoms with Crippen LogP contribution in [0.4, 0.5) is 10.1 Å². The van der Waals surface area contributed by atoms with Crippen molar-refractivity contribution in [3.63, 3.8) is 0 Å². The number of nitrogens with zero attached hydrogens (tertiary/aromatic N) is 1. The fraction of sp³-hybridized carbons (Fsp3) is 0.0370. The maximum absolute atomic E-state index is 14.7. The number of carbonyl (C=O) groups is 1. The fourth-order valence-corrected chi connectivity index (χ4v) is 5.09. The number of hydrogen-bond donors (Lipinski definition) is 1. The van der Waals surface area contributed by atoms with E-state index in [0.717, 1.165) is 25.4 Å². The predicted molar refractivity (Wildman–Crippen MR) is 134 cm³/mol. The van der Waals surface area contributed by atoms with Gasteiger partial charge < -0.3 is 5.32 Å². The Morgan fingerprint density at radius 3 is 2.42 bits per heavy atom. The molecule has 0 aromatic heterocycles. The summed E-state index contributed by atoms with van der Waals surface area (Å²) >= 11 is 5.07. The molecule has 5 rings (SSSR count). The summed E-state index contributed by atoms with van der Waals surface area (Å²) in [4.78, 5) is 19.6. The van der Waals surface area contributed by atoms with Crippen LogP contribution in [-0.4, -0.2) is 11.6 Å². The second kappa shape index (κ2) is 9.33. The molecule has 162 valence electrons. The van der Waals surface area contributed by atoms with Crippen molar-refractivity contribution in [1.29, 1.82) is 0 Å². The molecule has 1 N–H and O–H groups in total. The van der Waals surface area contributed by atoms with Crippen LogP contribution in [0.5, 0.6) is 0 Å². The van der Waals surface area contributed by atoms with Crippen molar-refractivity contribution in [2.75, 3.05) is 0 Å². The van der Waals surface area contributed by atoms with Gasteiger partial charge in [-0.05, 0) is 48.0 Å². The van der Waals surface area contributed by atoms with Gasteiger partial charge in [-0.3, -0.25) is 4.79 Å². The first-order valence-electron chi connectivity index (χ1n) is 10.4. The lowest BCUT2D eigenvalue weighted by Gasteiger charge is -2.09. The highest BCUT2D eigenvalue weighted by molar-refractivity contribution is 9.10. The van der Waals surface area contributed by atoms with Crippen LogP contribution in [0, 0.1) is 5.82 Å². The van der Waals surface area contributed by atoms with Crippen LogP contribution in [-0.2, 0) is 6.54 Å². The van der Waals surface area contributed by atoms with Gasteiger partial charge >= 0.3 is 0 Å². The van der Waals surface area contributed by atoms with Crippen LogP contribution in [0.25, 0.3) is 0 Å². The van der Waals surface area contributed by atoms with Crippen LogP contribution in [0.15, 0.2) is 110 Å². The molecule has 1 aliphatic heterocycles. The highest BCUT2D eigenvalue weighted by atomic mass is 79.9. The second-order valence-corrected chi connectivity index (χ2v) is 9.43. The first kappa shape index (κ1) is 21.6. The third-order valence-electron chi connectivity index (χ3n) is 5.34. The van der Waals surface area contributed by atoms with Crippen molar-refractivity contribution in [3.8, 4) is 0 Å². The standard InChI is InChI=1S/C27H18BrFN2OS/c28-21-10-4-1-7-18(21)16-30-27(32)17-13-14-25-23(15-17)31-26(19-8-2-5-11-22(19)29)20-9-3-6-12-24(20)33-25/h1-15H,16H2,(H,30,32). The van der Waals surface area contributed by atoms with E-state index in [4.69, 9.17) is 4.99 Å². The van der Waals surface area contributed by atoms with E-state index in [-0.39, 0.29) is 11.7 Å². The minimum absolute atomic E-state index is 0.192. The largest absolute Gasteiger partial charge is 0.348 e. The molecule has 0 aliphatic carbocycles. The van der Waals surface area contributed by atoms with Crippen molar-refractivity contribution < 1.29 is 9.18 Å². The van der Waals surface area contributed by atoms with Gasteiger partial charge in [-0.15, -0.1) is 0 Å². The Bertz CT molecular complexity index is 1400. The van der Waals surface area contributed by atoms with Crippen LogP contribution in [0.3, 0.4) is 0 Å². The SMILES string of the molecule is O=C(NCc1ccccc1Br)c1ccc2c(c1)N=C(c1ccccc1F)c1ccccc1S2. The van der Waals surface area contributed by atoms with Gasteiger partial charge in [-0.25, -0.2) is 9.38 Å². The lowest BCUT2D eigenvalue weighted by Crippen LogP contribution is -2.22. The van der Waals surface area contributed by atoms with E-state index in [1.165, 1.54) is 6.07 Å². The zero-order valence-corrected chi connectivity index (χ0v) is 19.8. The molecule has 0 atom stereocenters.